The van der Waals surface area contributed by atoms with E-state index in [1.165, 1.54) is 12.0 Å². The molecule has 1 aromatic carbocycles. The van der Waals surface area contributed by atoms with E-state index in [0.717, 1.165) is 18.2 Å². The predicted octanol–water partition coefficient (Wildman–Crippen LogP) is 2.71. The van der Waals surface area contributed by atoms with Gasteiger partial charge in [0, 0.05) is 42.2 Å². The van der Waals surface area contributed by atoms with Crippen LogP contribution in [0.4, 0.5) is 14.5 Å². The van der Waals surface area contributed by atoms with Crippen molar-refractivity contribution in [3.63, 3.8) is 0 Å². The molecule has 12 heteroatoms. The Morgan fingerprint density at radius 3 is 2.50 bits per heavy atom. The molecule has 0 radical (unpaired) electrons. The second-order valence-corrected chi connectivity index (χ2v) is 14.6. The Balaban J connectivity index is 1.72. The average Bonchev–Trinajstić information content (AvgIpc) is 3.22. The number of fused-ring (bicyclic) bond motifs is 1. The van der Waals surface area contributed by atoms with E-state index >= 15 is 0 Å². The molecular weight excluding hydrogens is 490 g/mol. The van der Waals surface area contributed by atoms with Crippen LogP contribution in [-0.4, -0.2) is 48.6 Å². The molecule has 2 amide bonds. The maximum Gasteiger partial charge on any atom is 0.293 e. The zero-order chi connectivity index (χ0) is 26.2. The van der Waals surface area contributed by atoms with Gasteiger partial charge in [0.2, 0.25) is 5.76 Å². The monoisotopic (exact) mass is 516 g/mol. The number of nitrogens with zero attached hydrogens (tertiary/aromatic N) is 2. The first kappa shape index (κ1) is 25.4. The number of ether oxygens (including phenoxy) is 1. The van der Waals surface area contributed by atoms with Crippen molar-refractivity contribution in [1.82, 2.24) is 15.0 Å². The third-order valence-corrected chi connectivity index (χ3v) is 7.84. The summed E-state index contributed by atoms with van der Waals surface area (Å²) in [6, 6.07) is 5.31. The first-order valence-corrected chi connectivity index (χ1v) is 14.8. The quantitative estimate of drug-likeness (QED) is 0.487. The van der Waals surface area contributed by atoms with Crippen molar-refractivity contribution in [3.05, 3.63) is 75.0 Å². The van der Waals surface area contributed by atoms with Crippen molar-refractivity contribution in [2.24, 2.45) is 0 Å². The van der Waals surface area contributed by atoms with Gasteiger partial charge in [-0.05, 0) is 18.2 Å². The fourth-order valence-electron chi connectivity index (χ4n) is 4.36. The molecular formula is C24H26F2N4O5Si. The summed E-state index contributed by atoms with van der Waals surface area (Å²) >= 11 is 0. The predicted molar refractivity (Wildman–Crippen MR) is 130 cm³/mol. The van der Waals surface area contributed by atoms with Crippen LogP contribution in [0.2, 0.25) is 19.6 Å². The molecule has 0 bridgehead atoms. The Hall–Kier alpha value is -3.64. The number of halogens is 2. The van der Waals surface area contributed by atoms with Crippen LogP contribution in [0.15, 0.2) is 39.6 Å². The van der Waals surface area contributed by atoms with E-state index in [9.17, 15) is 23.2 Å². The van der Waals surface area contributed by atoms with Crippen LogP contribution in [-0.2, 0) is 22.6 Å². The van der Waals surface area contributed by atoms with Crippen molar-refractivity contribution < 1.29 is 27.6 Å². The smallest absolute Gasteiger partial charge is 0.293 e. The summed E-state index contributed by atoms with van der Waals surface area (Å²) in [6.07, 6.45) is 0.339. The zero-order valence-corrected chi connectivity index (χ0v) is 21.3. The second kappa shape index (κ2) is 9.78. The molecule has 3 heterocycles. The molecule has 36 heavy (non-hydrogen) atoms. The van der Waals surface area contributed by atoms with Crippen molar-refractivity contribution in [1.29, 1.82) is 0 Å². The van der Waals surface area contributed by atoms with E-state index in [0.29, 0.717) is 23.4 Å². The minimum absolute atomic E-state index is 0.0395. The summed E-state index contributed by atoms with van der Waals surface area (Å²) in [5, 5.41) is 4.64. The molecule has 2 aromatic heterocycles. The maximum atomic E-state index is 14.8. The molecule has 0 fully saturated rings. The molecule has 0 saturated heterocycles. The molecule has 1 aliphatic rings. The van der Waals surface area contributed by atoms with Crippen LogP contribution in [0.25, 0.3) is 0 Å². The first-order chi connectivity index (χ1) is 17.0. The molecule has 3 aromatic rings. The first-order valence-electron chi connectivity index (χ1n) is 11.3. The third-order valence-electron chi connectivity index (χ3n) is 5.86. The fraction of sp³-hybridized carbons (Fsp3) is 0.333. The lowest BCUT2D eigenvalue weighted by atomic mass is 9.95. The molecule has 0 spiro atoms. The van der Waals surface area contributed by atoms with Gasteiger partial charge in [-0.25, -0.2) is 8.78 Å². The van der Waals surface area contributed by atoms with Gasteiger partial charge in [0.05, 0.1) is 26.4 Å². The van der Waals surface area contributed by atoms with E-state index in [4.69, 9.17) is 9.26 Å². The number of nitrogens with one attached hydrogen (secondary N) is 2. The number of carbonyl (C=O) groups is 2. The van der Waals surface area contributed by atoms with Gasteiger partial charge in [0.25, 0.3) is 17.4 Å². The largest absolute Gasteiger partial charge is 0.378 e. The molecule has 0 saturated carbocycles. The number of pyridine rings is 1. The number of carbonyl (C=O) groups excluding carboxylic acids is 2. The second-order valence-electron chi connectivity index (χ2n) is 9.55. The Morgan fingerprint density at radius 1 is 1.22 bits per heavy atom. The Bertz CT molecular complexity index is 1360. The lowest BCUT2D eigenvalue weighted by Gasteiger charge is -2.35. The minimum atomic E-state index is -2.31. The summed E-state index contributed by atoms with van der Waals surface area (Å²) in [5.41, 5.74) is 1.02. The number of amides is 2. The highest BCUT2D eigenvalue weighted by Crippen LogP contribution is 2.32. The highest BCUT2D eigenvalue weighted by molar-refractivity contribution is 6.88. The Kier molecular flexibility index (Phi) is 6.91. The molecule has 4 rings (SSSR count). The lowest BCUT2D eigenvalue weighted by molar-refractivity contribution is -0.121. The van der Waals surface area contributed by atoms with Crippen LogP contribution < -0.4 is 16.1 Å². The average molecular weight is 517 g/mol. The van der Waals surface area contributed by atoms with Crippen molar-refractivity contribution in [3.8, 4) is 0 Å². The molecule has 2 N–H and O–H groups in total. The molecule has 190 valence electrons. The molecule has 9 nitrogen and oxygen atoms in total. The van der Waals surface area contributed by atoms with Crippen molar-refractivity contribution in [2.75, 3.05) is 19.0 Å². The molecule has 1 aliphatic heterocycles. The maximum absolute atomic E-state index is 14.8. The number of rotatable bonds is 6. The zero-order valence-electron chi connectivity index (χ0n) is 20.3. The standard InChI is InChI=1S/C24H26F2N4O5Si/c1-34-12-13-5-6-15-18(27-13)7-8-30(24(33)19-11-20(31)29-35-19)21(15)23(32)28-14-9-16(25)22(17(26)10-14)36(2,3)4/h5-6,9-11,21H,7-8,12H2,1-4H3,(H,28,32)(H,29,31). The number of anilines is 1. The van der Waals surface area contributed by atoms with Crippen molar-refractivity contribution >= 4 is 30.8 Å². The van der Waals surface area contributed by atoms with Gasteiger partial charge >= 0.3 is 0 Å². The van der Waals surface area contributed by atoms with Gasteiger partial charge in [-0.1, -0.05) is 25.7 Å². The lowest BCUT2D eigenvalue weighted by Crippen LogP contribution is -2.46. The summed E-state index contributed by atoms with van der Waals surface area (Å²) in [5.74, 6) is -3.11. The van der Waals surface area contributed by atoms with Gasteiger partial charge in [0.15, 0.2) is 0 Å². The number of hydrogen-bond donors (Lipinski definition) is 2. The number of benzene rings is 1. The summed E-state index contributed by atoms with van der Waals surface area (Å²) in [6.45, 7) is 5.82. The van der Waals surface area contributed by atoms with E-state index in [1.807, 2.05) is 19.6 Å². The molecule has 0 aliphatic carbocycles. The minimum Gasteiger partial charge on any atom is -0.378 e. The normalized spacial score (nSPS) is 15.5. The van der Waals surface area contributed by atoms with Crippen LogP contribution in [0.1, 0.15) is 33.5 Å². The SMILES string of the molecule is COCc1ccc2c(n1)CCN(C(=O)c1cc(=O)[nH]o1)C2C(=O)Nc1cc(F)c([Si](C)(C)C)c(F)c1. The van der Waals surface area contributed by atoms with Crippen LogP contribution in [0.3, 0.4) is 0 Å². The van der Waals surface area contributed by atoms with Crippen LogP contribution in [0, 0.1) is 11.6 Å². The van der Waals surface area contributed by atoms with Gasteiger partial charge in [0.1, 0.15) is 17.7 Å². The molecule has 1 atom stereocenters. The topological polar surface area (TPSA) is 118 Å². The van der Waals surface area contributed by atoms with E-state index in [2.05, 4.69) is 15.5 Å². The van der Waals surface area contributed by atoms with Gasteiger partial charge in [-0.15, -0.1) is 0 Å². The number of aromatic nitrogens is 2. The number of methoxy groups -OCH3 is 1. The summed E-state index contributed by atoms with van der Waals surface area (Å²) in [4.78, 5) is 43.9. The Labute approximate surface area is 206 Å². The number of aromatic amines is 1. The summed E-state index contributed by atoms with van der Waals surface area (Å²) < 4.78 is 39.7. The fourth-order valence-corrected chi connectivity index (χ4v) is 5.94. The van der Waals surface area contributed by atoms with E-state index in [1.54, 1.807) is 12.1 Å². The van der Waals surface area contributed by atoms with Crippen molar-refractivity contribution in [2.45, 2.75) is 38.7 Å². The van der Waals surface area contributed by atoms with Gasteiger partial charge in [-0.3, -0.25) is 19.4 Å². The number of hydrogen-bond acceptors (Lipinski definition) is 6. The van der Waals surface area contributed by atoms with E-state index in [-0.39, 0.29) is 29.8 Å². The summed E-state index contributed by atoms with van der Waals surface area (Å²) in [7, 11) is -0.776. The number of H-pyrrole nitrogens is 1. The molecule has 1 unspecified atom stereocenters. The highest BCUT2D eigenvalue weighted by atomic mass is 28.3. The third kappa shape index (κ3) is 5.00. The van der Waals surface area contributed by atoms with Crippen LogP contribution >= 0.6 is 0 Å². The highest BCUT2D eigenvalue weighted by Gasteiger charge is 2.38. The Morgan fingerprint density at radius 2 is 1.92 bits per heavy atom. The van der Waals surface area contributed by atoms with Crippen LogP contribution in [0.5, 0.6) is 0 Å². The van der Waals surface area contributed by atoms with Gasteiger partial charge in [-0.2, -0.15) is 5.16 Å². The van der Waals surface area contributed by atoms with E-state index < -0.39 is 43.1 Å². The van der Waals surface area contributed by atoms with Gasteiger partial charge < -0.3 is 19.5 Å².